The lowest BCUT2D eigenvalue weighted by Gasteiger charge is -2.28. The molecule has 1 fully saturated rings. The lowest BCUT2D eigenvalue weighted by molar-refractivity contribution is -0.144. The second kappa shape index (κ2) is 6.31. The van der Waals surface area contributed by atoms with Crippen LogP contribution in [0.25, 0.3) is 0 Å². The number of rotatable bonds is 4. The molecule has 0 radical (unpaired) electrons. The largest absolute Gasteiger partial charge is 0.481 e. The highest BCUT2D eigenvalue weighted by Gasteiger charge is 2.30. The fraction of sp³-hybridized carbons (Fsp3) is 0.500. The second-order valence-corrected chi connectivity index (χ2v) is 4.94. The highest BCUT2D eigenvalue weighted by atomic mass is 16.4. The maximum Gasteiger partial charge on any atom is 0.306 e. The van der Waals surface area contributed by atoms with Gasteiger partial charge in [-0.15, -0.1) is 0 Å². The Labute approximate surface area is 112 Å². The zero-order valence-electron chi connectivity index (χ0n) is 10.7. The summed E-state index contributed by atoms with van der Waals surface area (Å²) in [5.41, 5.74) is 0.505. The van der Waals surface area contributed by atoms with Crippen molar-refractivity contribution in [2.45, 2.75) is 25.7 Å². The molecule has 5 nitrogen and oxygen atoms in total. The van der Waals surface area contributed by atoms with Gasteiger partial charge in [-0.25, -0.2) is 0 Å². The number of nitrogens with zero attached hydrogens (tertiary/aromatic N) is 1. The minimum absolute atomic E-state index is 0.0341. The van der Waals surface area contributed by atoms with Crippen LogP contribution in [0.3, 0.4) is 0 Å². The molecule has 0 aliphatic heterocycles. The summed E-state index contributed by atoms with van der Waals surface area (Å²) < 4.78 is 0. The van der Waals surface area contributed by atoms with Crippen LogP contribution in [0, 0.1) is 11.8 Å². The van der Waals surface area contributed by atoms with Crippen LogP contribution in [-0.2, 0) is 4.79 Å². The van der Waals surface area contributed by atoms with Crippen LogP contribution in [-0.4, -0.2) is 28.5 Å². The van der Waals surface area contributed by atoms with E-state index in [1.54, 1.807) is 18.3 Å². The van der Waals surface area contributed by atoms with E-state index in [1.165, 1.54) is 6.20 Å². The Morgan fingerprint density at radius 1 is 1.37 bits per heavy atom. The van der Waals surface area contributed by atoms with E-state index in [9.17, 15) is 9.59 Å². The molecule has 0 saturated heterocycles. The summed E-state index contributed by atoms with van der Waals surface area (Å²) in [7, 11) is 0. The SMILES string of the molecule is O=C(NCC1CCCCC1C(=O)O)c1cccnc1. The molecule has 0 bridgehead atoms. The Bertz CT molecular complexity index is 447. The molecule has 1 saturated carbocycles. The number of aliphatic carboxylic acids is 1. The molecular weight excluding hydrogens is 244 g/mol. The number of carboxylic acid groups (broad SMARTS) is 1. The van der Waals surface area contributed by atoms with E-state index >= 15 is 0 Å². The third kappa shape index (κ3) is 3.53. The predicted octanol–water partition coefficient (Wildman–Crippen LogP) is 1.70. The summed E-state index contributed by atoms with van der Waals surface area (Å²) in [6.45, 7) is 0.421. The van der Waals surface area contributed by atoms with Gasteiger partial charge >= 0.3 is 5.97 Å². The maximum absolute atomic E-state index is 11.9. The molecule has 0 spiro atoms. The van der Waals surface area contributed by atoms with Crippen LogP contribution < -0.4 is 5.32 Å². The van der Waals surface area contributed by atoms with Gasteiger partial charge in [0.25, 0.3) is 5.91 Å². The van der Waals surface area contributed by atoms with Gasteiger partial charge in [0.2, 0.25) is 0 Å². The monoisotopic (exact) mass is 262 g/mol. The maximum atomic E-state index is 11.9. The van der Waals surface area contributed by atoms with Crippen LogP contribution in [0.15, 0.2) is 24.5 Å². The molecule has 2 rings (SSSR count). The average molecular weight is 262 g/mol. The number of aromatic nitrogens is 1. The number of carbonyl (C=O) groups is 2. The molecule has 1 heterocycles. The number of amides is 1. The third-order valence-corrected chi connectivity index (χ3v) is 3.67. The van der Waals surface area contributed by atoms with E-state index in [0.717, 1.165) is 19.3 Å². The molecule has 0 aromatic carbocycles. The summed E-state index contributed by atoms with van der Waals surface area (Å²) in [5.74, 6) is -1.24. The van der Waals surface area contributed by atoms with E-state index in [-0.39, 0.29) is 17.7 Å². The average Bonchev–Trinajstić information content (AvgIpc) is 2.46. The zero-order valence-corrected chi connectivity index (χ0v) is 10.7. The van der Waals surface area contributed by atoms with Crippen molar-refractivity contribution in [2.75, 3.05) is 6.54 Å². The van der Waals surface area contributed by atoms with Crippen molar-refractivity contribution in [1.82, 2.24) is 10.3 Å². The van der Waals surface area contributed by atoms with Crippen molar-refractivity contribution in [3.63, 3.8) is 0 Å². The molecule has 19 heavy (non-hydrogen) atoms. The van der Waals surface area contributed by atoms with Crippen molar-refractivity contribution in [3.8, 4) is 0 Å². The van der Waals surface area contributed by atoms with E-state index < -0.39 is 5.97 Å². The second-order valence-electron chi connectivity index (χ2n) is 4.94. The zero-order chi connectivity index (χ0) is 13.7. The molecular formula is C14H18N2O3. The number of nitrogens with one attached hydrogen (secondary N) is 1. The summed E-state index contributed by atoms with van der Waals surface area (Å²) in [6.07, 6.45) is 6.69. The Morgan fingerprint density at radius 2 is 2.16 bits per heavy atom. The first kappa shape index (κ1) is 13.5. The van der Waals surface area contributed by atoms with Gasteiger partial charge in [-0.1, -0.05) is 12.8 Å². The molecule has 1 aromatic rings. The molecule has 2 unspecified atom stereocenters. The normalized spacial score (nSPS) is 22.7. The first-order valence-electron chi connectivity index (χ1n) is 6.59. The van der Waals surface area contributed by atoms with Crippen LogP contribution >= 0.6 is 0 Å². The topological polar surface area (TPSA) is 79.3 Å². The lowest BCUT2D eigenvalue weighted by atomic mass is 9.79. The van der Waals surface area contributed by atoms with E-state index in [0.29, 0.717) is 18.5 Å². The van der Waals surface area contributed by atoms with Gasteiger partial charge in [0.15, 0.2) is 0 Å². The van der Waals surface area contributed by atoms with Crippen LogP contribution in [0.4, 0.5) is 0 Å². The molecule has 1 aliphatic carbocycles. The Balaban J connectivity index is 1.90. The Morgan fingerprint density at radius 3 is 2.84 bits per heavy atom. The fourth-order valence-electron chi connectivity index (χ4n) is 2.60. The summed E-state index contributed by atoms with van der Waals surface area (Å²) >= 11 is 0. The summed E-state index contributed by atoms with van der Waals surface area (Å²) in [4.78, 5) is 26.9. The van der Waals surface area contributed by atoms with Gasteiger partial charge in [-0.2, -0.15) is 0 Å². The van der Waals surface area contributed by atoms with Crippen molar-refractivity contribution < 1.29 is 14.7 Å². The molecule has 1 amide bonds. The van der Waals surface area contributed by atoms with Gasteiger partial charge in [0.1, 0.15) is 0 Å². The number of carbonyl (C=O) groups excluding carboxylic acids is 1. The van der Waals surface area contributed by atoms with Crippen LogP contribution in [0.1, 0.15) is 36.0 Å². The van der Waals surface area contributed by atoms with Gasteiger partial charge in [0, 0.05) is 18.9 Å². The fourth-order valence-corrected chi connectivity index (χ4v) is 2.60. The van der Waals surface area contributed by atoms with Crippen LogP contribution in [0.2, 0.25) is 0 Å². The quantitative estimate of drug-likeness (QED) is 0.865. The summed E-state index contributed by atoms with van der Waals surface area (Å²) in [6, 6.07) is 3.40. The minimum atomic E-state index is -0.750. The van der Waals surface area contributed by atoms with E-state index in [1.807, 2.05) is 0 Å². The van der Waals surface area contributed by atoms with E-state index in [4.69, 9.17) is 5.11 Å². The molecule has 5 heteroatoms. The number of hydrogen-bond acceptors (Lipinski definition) is 3. The van der Waals surface area contributed by atoms with Crippen LogP contribution in [0.5, 0.6) is 0 Å². The van der Waals surface area contributed by atoms with Gasteiger partial charge in [-0.05, 0) is 30.9 Å². The number of carboxylic acids is 1. The summed E-state index contributed by atoms with van der Waals surface area (Å²) in [5, 5.41) is 12.0. The van der Waals surface area contributed by atoms with Gasteiger partial charge in [0.05, 0.1) is 11.5 Å². The third-order valence-electron chi connectivity index (χ3n) is 3.67. The van der Waals surface area contributed by atoms with Crippen molar-refractivity contribution in [2.24, 2.45) is 11.8 Å². The van der Waals surface area contributed by atoms with Gasteiger partial charge in [-0.3, -0.25) is 14.6 Å². The van der Waals surface area contributed by atoms with Gasteiger partial charge < -0.3 is 10.4 Å². The highest BCUT2D eigenvalue weighted by Crippen LogP contribution is 2.29. The van der Waals surface area contributed by atoms with Crippen molar-refractivity contribution >= 4 is 11.9 Å². The predicted molar refractivity (Wildman–Crippen MR) is 69.7 cm³/mol. The molecule has 102 valence electrons. The molecule has 2 atom stereocenters. The highest BCUT2D eigenvalue weighted by molar-refractivity contribution is 5.93. The first-order valence-corrected chi connectivity index (χ1v) is 6.59. The van der Waals surface area contributed by atoms with Crippen molar-refractivity contribution in [1.29, 1.82) is 0 Å². The molecule has 1 aromatic heterocycles. The number of pyridine rings is 1. The number of hydrogen-bond donors (Lipinski definition) is 2. The standard InChI is InChI=1S/C14H18N2O3/c17-13(11-5-3-7-15-8-11)16-9-10-4-1-2-6-12(10)14(18)19/h3,5,7-8,10,12H,1-2,4,6,9H2,(H,16,17)(H,18,19). The smallest absolute Gasteiger partial charge is 0.306 e. The minimum Gasteiger partial charge on any atom is -0.481 e. The Kier molecular flexibility index (Phi) is 4.49. The lowest BCUT2D eigenvalue weighted by Crippen LogP contribution is -2.37. The van der Waals surface area contributed by atoms with Crippen molar-refractivity contribution in [3.05, 3.63) is 30.1 Å². The molecule has 2 N–H and O–H groups in total. The van der Waals surface area contributed by atoms with E-state index in [2.05, 4.69) is 10.3 Å². The Hall–Kier alpha value is -1.91. The first-order chi connectivity index (χ1) is 9.18. The molecule has 1 aliphatic rings.